The fourth-order valence-electron chi connectivity index (χ4n) is 5.01. The van der Waals surface area contributed by atoms with E-state index in [4.69, 9.17) is 9.47 Å². The second kappa shape index (κ2) is 12.3. The second-order valence-electron chi connectivity index (χ2n) is 10.1. The van der Waals surface area contributed by atoms with Gasteiger partial charge in [0, 0.05) is 50.5 Å². The number of amides is 2. The largest absolute Gasteiger partial charge is 0.497 e. The molecule has 0 radical (unpaired) electrons. The number of nitrogens with zero attached hydrogens (tertiary/aromatic N) is 5. The first kappa shape index (κ1) is 26.6. The number of piperazine rings is 1. The molecule has 2 fully saturated rings. The van der Waals surface area contributed by atoms with E-state index in [2.05, 4.69) is 34.2 Å². The molecule has 39 heavy (non-hydrogen) atoms. The van der Waals surface area contributed by atoms with Crippen molar-refractivity contribution in [3.8, 4) is 17.0 Å². The monoisotopic (exact) mass is 529 g/mol. The summed E-state index contributed by atoms with van der Waals surface area (Å²) in [5.41, 5.74) is 3.57. The molecule has 9 nitrogen and oxygen atoms in total. The minimum atomic E-state index is -0.194. The molecule has 0 spiro atoms. The Kier molecular flexibility index (Phi) is 8.36. The lowest BCUT2D eigenvalue weighted by molar-refractivity contribution is -0.132. The van der Waals surface area contributed by atoms with Crippen molar-refractivity contribution in [2.75, 3.05) is 57.9 Å². The normalized spacial score (nSPS) is 17.2. The third-order valence-electron chi connectivity index (χ3n) is 7.33. The number of carbonyl (C=O) groups excluding carboxylic acids is 2. The summed E-state index contributed by atoms with van der Waals surface area (Å²) in [6, 6.07) is 19.2. The first-order valence-electron chi connectivity index (χ1n) is 13.5. The summed E-state index contributed by atoms with van der Waals surface area (Å²) in [4.78, 5) is 32.3. The Morgan fingerprint density at radius 3 is 2.49 bits per heavy atom. The topological polar surface area (TPSA) is 88.1 Å². The van der Waals surface area contributed by atoms with Gasteiger partial charge in [0.1, 0.15) is 12.3 Å². The number of aryl methyl sites for hydroxylation is 1. The number of hydrogen-bond donors (Lipinski definition) is 0. The van der Waals surface area contributed by atoms with Crippen LogP contribution in [0, 0.1) is 6.92 Å². The predicted octanol–water partition coefficient (Wildman–Crippen LogP) is 3.43. The highest BCUT2D eigenvalue weighted by Gasteiger charge is 2.29. The Balaban J connectivity index is 1.20. The molecule has 2 saturated heterocycles. The van der Waals surface area contributed by atoms with E-state index >= 15 is 0 Å². The van der Waals surface area contributed by atoms with Crippen molar-refractivity contribution in [1.29, 1.82) is 0 Å². The first-order chi connectivity index (χ1) is 19.0. The third kappa shape index (κ3) is 6.54. The van der Waals surface area contributed by atoms with Gasteiger partial charge in [0.15, 0.2) is 5.82 Å². The lowest BCUT2D eigenvalue weighted by Crippen LogP contribution is -2.52. The van der Waals surface area contributed by atoms with Crippen molar-refractivity contribution in [1.82, 2.24) is 20.0 Å². The van der Waals surface area contributed by atoms with Gasteiger partial charge < -0.3 is 24.2 Å². The molecular formula is C30H35N5O4. The minimum absolute atomic E-state index is 0.0148. The van der Waals surface area contributed by atoms with Gasteiger partial charge in [0.05, 0.1) is 18.9 Å². The van der Waals surface area contributed by atoms with Gasteiger partial charge in [-0.2, -0.15) is 0 Å². The number of aromatic nitrogens is 2. The summed E-state index contributed by atoms with van der Waals surface area (Å²) in [5, 5.41) is 8.86. The van der Waals surface area contributed by atoms with Gasteiger partial charge in [-0.15, -0.1) is 10.2 Å². The molecule has 3 heterocycles. The van der Waals surface area contributed by atoms with Crippen LogP contribution < -0.4 is 9.64 Å². The van der Waals surface area contributed by atoms with E-state index in [-0.39, 0.29) is 24.5 Å². The summed E-state index contributed by atoms with van der Waals surface area (Å²) in [6.45, 7) is 5.58. The van der Waals surface area contributed by atoms with Crippen LogP contribution in [0.2, 0.25) is 0 Å². The van der Waals surface area contributed by atoms with Crippen LogP contribution in [0.5, 0.6) is 5.75 Å². The van der Waals surface area contributed by atoms with Gasteiger partial charge in [-0.1, -0.05) is 35.9 Å². The van der Waals surface area contributed by atoms with Crippen molar-refractivity contribution in [2.24, 2.45) is 0 Å². The number of ether oxygens (including phenoxy) is 2. The Morgan fingerprint density at radius 2 is 1.82 bits per heavy atom. The fraction of sp³-hybridized carbons (Fsp3) is 0.400. The number of carbonyl (C=O) groups is 2. The van der Waals surface area contributed by atoms with Crippen LogP contribution in [0.4, 0.5) is 5.82 Å². The van der Waals surface area contributed by atoms with E-state index in [0.717, 1.165) is 29.9 Å². The quantitative estimate of drug-likeness (QED) is 0.442. The average molecular weight is 530 g/mol. The summed E-state index contributed by atoms with van der Waals surface area (Å²) in [7, 11) is 1.57. The molecule has 0 aliphatic carbocycles. The van der Waals surface area contributed by atoms with Gasteiger partial charge in [-0.05, 0) is 50.1 Å². The van der Waals surface area contributed by atoms with Crippen LogP contribution >= 0.6 is 0 Å². The molecule has 1 atom stereocenters. The molecule has 2 aliphatic rings. The zero-order valence-corrected chi connectivity index (χ0v) is 22.6. The first-order valence-corrected chi connectivity index (χ1v) is 13.5. The maximum atomic E-state index is 13.4. The summed E-state index contributed by atoms with van der Waals surface area (Å²) < 4.78 is 11.1. The molecule has 2 aromatic carbocycles. The molecule has 204 valence electrons. The van der Waals surface area contributed by atoms with E-state index in [1.54, 1.807) is 36.3 Å². The summed E-state index contributed by atoms with van der Waals surface area (Å²) in [6.07, 6.45) is 1.81. The lowest BCUT2D eigenvalue weighted by atomic mass is 10.1. The number of rotatable bonds is 8. The van der Waals surface area contributed by atoms with Gasteiger partial charge in [0.25, 0.3) is 5.91 Å². The van der Waals surface area contributed by atoms with Crippen molar-refractivity contribution in [2.45, 2.75) is 25.9 Å². The van der Waals surface area contributed by atoms with Crippen LogP contribution in [-0.2, 0) is 9.53 Å². The van der Waals surface area contributed by atoms with Gasteiger partial charge in [-0.25, -0.2) is 0 Å². The highest BCUT2D eigenvalue weighted by molar-refractivity contribution is 5.97. The molecule has 0 N–H and O–H groups in total. The van der Waals surface area contributed by atoms with Crippen molar-refractivity contribution < 1.29 is 19.1 Å². The van der Waals surface area contributed by atoms with Gasteiger partial charge in [-0.3, -0.25) is 9.59 Å². The lowest BCUT2D eigenvalue weighted by Gasteiger charge is -2.36. The molecule has 0 bridgehead atoms. The molecule has 2 amide bonds. The summed E-state index contributed by atoms with van der Waals surface area (Å²) in [5.74, 6) is 1.14. The maximum absolute atomic E-state index is 13.4. The van der Waals surface area contributed by atoms with Crippen molar-refractivity contribution >= 4 is 17.6 Å². The number of hydrogen-bond acceptors (Lipinski definition) is 7. The average Bonchev–Trinajstić information content (AvgIpc) is 3.50. The summed E-state index contributed by atoms with van der Waals surface area (Å²) >= 11 is 0. The van der Waals surface area contributed by atoms with Crippen molar-refractivity contribution in [3.63, 3.8) is 0 Å². The number of anilines is 1. The van der Waals surface area contributed by atoms with E-state index in [0.29, 0.717) is 50.6 Å². The molecule has 0 unspecified atom stereocenters. The third-order valence-corrected chi connectivity index (χ3v) is 7.33. The van der Waals surface area contributed by atoms with E-state index < -0.39 is 0 Å². The highest BCUT2D eigenvalue weighted by atomic mass is 16.5. The zero-order valence-electron chi connectivity index (χ0n) is 22.6. The number of benzene rings is 2. The Labute approximate surface area is 229 Å². The van der Waals surface area contributed by atoms with Crippen LogP contribution in [-0.4, -0.2) is 90.9 Å². The standard InChI is InChI=1S/C30H35N5O4/c1-22-8-10-23(11-9-22)27-12-13-28(32-31-27)33-14-16-34(17-15-33)29(36)21-35(20-26-7-4-18-39-26)30(37)24-5-3-6-25(19-24)38-2/h3,5-6,8-13,19,26H,4,7,14-18,20-21H2,1-2H3/t26-/m1/s1. The highest BCUT2D eigenvalue weighted by Crippen LogP contribution is 2.21. The van der Waals surface area contributed by atoms with E-state index in [1.807, 2.05) is 29.2 Å². The molecule has 3 aromatic rings. The maximum Gasteiger partial charge on any atom is 0.254 e. The smallest absolute Gasteiger partial charge is 0.254 e. The number of methoxy groups -OCH3 is 1. The predicted molar refractivity (Wildman–Crippen MR) is 149 cm³/mol. The van der Waals surface area contributed by atoms with Crippen molar-refractivity contribution in [3.05, 3.63) is 71.8 Å². The van der Waals surface area contributed by atoms with Gasteiger partial charge >= 0.3 is 0 Å². The molecule has 5 rings (SSSR count). The van der Waals surface area contributed by atoms with Crippen LogP contribution in [0.3, 0.4) is 0 Å². The Hall–Kier alpha value is -3.98. The van der Waals surface area contributed by atoms with E-state index in [1.165, 1.54) is 5.56 Å². The Morgan fingerprint density at radius 1 is 1.03 bits per heavy atom. The second-order valence-corrected chi connectivity index (χ2v) is 10.1. The Bertz CT molecular complexity index is 1270. The van der Waals surface area contributed by atoms with E-state index in [9.17, 15) is 9.59 Å². The van der Waals surface area contributed by atoms with Gasteiger partial charge in [0.2, 0.25) is 5.91 Å². The SMILES string of the molecule is COc1cccc(C(=O)N(CC(=O)N2CCN(c3ccc(-c4ccc(C)cc4)nn3)CC2)C[C@H]2CCCO2)c1. The molecule has 9 heteroatoms. The minimum Gasteiger partial charge on any atom is -0.497 e. The fourth-order valence-corrected chi connectivity index (χ4v) is 5.01. The van der Waals surface area contributed by atoms with Crippen LogP contribution in [0.25, 0.3) is 11.3 Å². The molecule has 1 aromatic heterocycles. The van der Waals surface area contributed by atoms with Crippen LogP contribution in [0.15, 0.2) is 60.7 Å². The molecule has 0 saturated carbocycles. The molecular weight excluding hydrogens is 494 g/mol. The molecule has 2 aliphatic heterocycles. The zero-order chi connectivity index (χ0) is 27.2. The van der Waals surface area contributed by atoms with Crippen LogP contribution in [0.1, 0.15) is 28.8 Å².